The molecule has 0 amide bonds. The van der Waals surface area contributed by atoms with Gasteiger partial charge >= 0.3 is 0 Å². The third kappa shape index (κ3) is 3.80. The third-order valence-corrected chi connectivity index (χ3v) is 5.64. The van der Waals surface area contributed by atoms with E-state index in [4.69, 9.17) is 14.1 Å². The number of hydrogen-bond donors (Lipinski definition) is 0. The number of nitrogens with zero attached hydrogens (tertiary/aromatic N) is 3. The topological polar surface area (TPSA) is 69.6 Å². The Kier molecular flexibility index (Phi) is 5.26. The number of fused-ring (bicyclic) bond motifs is 2. The van der Waals surface area contributed by atoms with Crippen LogP contribution in [0, 0.1) is 0 Å². The summed E-state index contributed by atoms with van der Waals surface area (Å²) in [5, 5.41) is 5.81. The van der Waals surface area contributed by atoms with Crippen LogP contribution < -0.4 is 10.3 Å². The van der Waals surface area contributed by atoms with Gasteiger partial charge in [0.1, 0.15) is 11.3 Å². The number of rotatable bonds is 5. The lowest BCUT2D eigenvalue weighted by molar-refractivity contribution is 0.419. The van der Waals surface area contributed by atoms with Gasteiger partial charge in [0.05, 0.1) is 29.6 Å². The van der Waals surface area contributed by atoms with Crippen LogP contribution in [0.15, 0.2) is 87.1 Å². The van der Waals surface area contributed by atoms with Crippen molar-refractivity contribution >= 4 is 28.1 Å². The molecule has 164 valence electrons. The van der Waals surface area contributed by atoms with Crippen molar-refractivity contribution in [1.82, 2.24) is 9.66 Å². The summed E-state index contributed by atoms with van der Waals surface area (Å²) in [4.78, 5) is 18.1. The summed E-state index contributed by atoms with van der Waals surface area (Å²) in [6, 6.07) is 22.7. The van der Waals surface area contributed by atoms with Gasteiger partial charge < -0.3 is 9.15 Å². The van der Waals surface area contributed by atoms with Gasteiger partial charge in [-0.3, -0.25) is 4.79 Å². The standard InChI is InChI=1S/C27H23N3O3/c1-17(2)19-13-11-18(12-14-19)16-28-30-26(29-22-8-5-4-7-20(22)27(30)31)25-15-21-23(32-3)9-6-10-24(21)33-25/h4-17H,1-3H3. The van der Waals surface area contributed by atoms with Gasteiger partial charge in [0.15, 0.2) is 5.76 Å². The Balaban J connectivity index is 1.68. The molecule has 3 aromatic carbocycles. The van der Waals surface area contributed by atoms with Gasteiger partial charge in [0, 0.05) is 0 Å². The van der Waals surface area contributed by atoms with E-state index in [-0.39, 0.29) is 5.56 Å². The lowest BCUT2D eigenvalue weighted by Crippen LogP contribution is -2.20. The highest BCUT2D eigenvalue weighted by atomic mass is 16.5. The fourth-order valence-electron chi connectivity index (χ4n) is 3.80. The molecule has 2 aromatic heterocycles. The zero-order valence-corrected chi connectivity index (χ0v) is 18.6. The van der Waals surface area contributed by atoms with Crippen LogP contribution in [0.4, 0.5) is 0 Å². The summed E-state index contributed by atoms with van der Waals surface area (Å²) in [5.74, 6) is 1.89. The second kappa shape index (κ2) is 8.39. The second-order valence-electron chi connectivity index (χ2n) is 8.12. The zero-order chi connectivity index (χ0) is 22.9. The largest absolute Gasteiger partial charge is 0.496 e. The first-order valence-electron chi connectivity index (χ1n) is 10.8. The van der Waals surface area contributed by atoms with Gasteiger partial charge in [0.25, 0.3) is 5.56 Å². The molecule has 0 atom stereocenters. The number of aromatic nitrogens is 2. The third-order valence-electron chi connectivity index (χ3n) is 5.64. The maximum absolute atomic E-state index is 13.4. The molecule has 0 bridgehead atoms. The van der Waals surface area contributed by atoms with Crippen molar-refractivity contribution in [2.45, 2.75) is 19.8 Å². The van der Waals surface area contributed by atoms with Crippen molar-refractivity contribution < 1.29 is 9.15 Å². The average molecular weight is 437 g/mol. The molecule has 0 aliphatic heterocycles. The van der Waals surface area contributed by atoms with Crippen LogP contribution in [0.25, 0.3) is 33.5 Å². The highest BCUT2D eigenvalue weighted by Gasteiger charge is 2.17. The van der Waals surface area contributed by atoms with E-state index in [1.54, 1.807) is 19.4 Å². The molecule has 5 aromatic rings. The number of para-hydroxylation sites is 1. The maximum Gasteiger partial charge on any atom is 0.282 e. The second-order valence-corrected chi connectivity index (χ2v) is 8.12. The molecule has 0 aliphatic carbocycles. The molecular weight excluding hydrogens is 414 g/mol. The van der Waals surface area contributed by atoms with E-state index in [9.17, 15) is 4.79 Å². The molecule has 0 aliphatic rings. The first-order valence-corrected chi connectivity index (χ1v) is 10.8. The summed E-state index contributed by atoms with van der Waals surface area (Å²) >= 11 is 0. The Bertz CT molecular complexity index is 1540. The van der Waals surface area contributed by atoms with E-state index in [0.717, 1.165) is 10.9 Å². The Morgan fingerprint density at radius 2 is 1.79 bits per heavy atom. The molecule has 0 radical (unpaired) electrons. The molecule has 5 rings (SSSR count). The first-order chi connectivity index (χ1) is 16.0. The molecule has 0 saturated heterocycles. The van der Waals surface area contributed by atoms with Crippen molar-refractivity contribution in [3.63, 3.8) is 0 Å². The summed E-state index contributed by atoms with van der Waals surface area (Å²) in [7, 11) is 1.61. The molecule has 6 nitrogen and oxygen atoms in total. The highest BCUT2D eigenvalue weighted by molar-refractivity contribution is 5.88. The van der Waals surface area contributed by atoms with Crippen molar-refractivity contribution in [2.75, 3.05) is 7.11 Å². The lowest BCUT2D eigenvalue weighted by atomic mass is 10.0. The summed E-state index contributed by atoms with van der Waals surface area (Å²) < 4.78 is 12.8. The van der Waals surface area contributed by atoms with E-state index in [2.05, 4.69) is 31.1 Å². The van der Waals surface area contributed by atoms with Crippen molar-refractivity contribution in [1.29, 1.82) is 0 Å². The molecule has 0 fully saturated rings. The first kappa shape index (κ1) is 20.7. The monoisotopic (exact) mass is 437 g/mol. The smallest absolute Gasteiger partial charge is 0.282 e. The van der Waals surface area contributed by atoms with E-state index in [1.165, 1.54) is 10.2 Å². The highest BCUT2D eigenvalue weighted by Crippen LogP contribution is 2.32. The predicted molar refractivity (Wildman–Crippen MR) is 131 cm³/mol. The van der Waals surface area contributed by atoms with E-state index in [1.807, 2.05) is 54.6 Å². The zero-order valence-electron chi connectivity index (χ0n) is 18.6. The van der Waals surface area contributed by atoms with Gasteiger partial charge in [-0.05, 0) is 47.4 Å². The van der Waals surface area contributed by atoms with Crippen molar-refractivity contribution in [2.24, 2.45) is 5.10 Å². The summed E-state index contributed by atoms with van der Waals surface area (Å²) in [6.07, 6.45) is 1.66. The van der Waals surface area contributed by atoms with E-state index < -0.39 is 0 Å². The van der Waals surface area contributed by atoms with Gasteiger partial charge in [0.2, 0.25) is 5.82 Å². The molecule has 33 heavy (non-hydrogen) atoms. The number of benzene rings is 3. The number of ether oxygens (including phenoxy) is 1. The van der Waals surface area contributed by atoms with Crippen LogP contribution in [0.1, 0.15) is 30.9 Å². The summed E-state index contributed by atoms with van der Waals surface area (Å²) in [5.41, 5.74) is 3.09. The predicted octanol–water partition coefficient (Wildman–Crippen LogP) is 5.82. The molecule has 0 saturated carbocycles. The van der Waals surface area contributed by atoms with Crippen LogP contribution >= 0.6 is 0 Å². The fourth-order valence-corrected chi connectivity index (χ4v) is 3.80. The summed E-state index contributed by atoms with van der Waals surface area (Å²) in [6.45, 7) is 4.30. The van der Waals surface area contributed by atoms with E-state index in [0.29, 0.717) is 39.7 Å². The molecular formula is C27H23N3O3. The van der Waals surface area contributed by atoms with Crippen molar-refractivity contribution in [3.8, 4) is 17.3 Å². The van der Waals surface area contributed by atoms with Crippen LogP contribution in [0.5, 0.6) is 5.75 Å². The average Bonchev–Trinajstić information content (AvgIpc) is 3.28. The minimum atomic E-state index is -0.266. The molecule has 0 unspecified atom stereocenters. The van der Waals surface area contributed by atoms with Crippen LogP contribution in [0.3, 0.4) is 0 Å². The Hall–Kier alpha value is -4.19. The molecule has 6 heteroatoms. The quantitative estimate of drug-likeness (QED) is 0.325. The molecule has 0 spiro atoms. The number of furan rings is 1. The Morgan fingerprint density at radius 3 is 2.55 bits per heavy atom. The molecule has 2 heterocycles. The number of hydrogen-bond acceptors (Lipinski definition) is 5. The van der Waals surface area contributed by atoms with Crippen LogP contribution in [0.2, 0.25) is 0 Å². The lowest BCUT2D eigenvalue weighted by Gasteiger charge is -2.07. The van der Waals surface area contributed by atoms with Gasteiger partial charge in [-0.15, -0.1) is 0 Å². The van der Waals surface area contributed by atoms with Crippen LogP contribution in [-0.4, -0.2) is 23.0 Å². The maximum atomic E-state index is 13.4. The fraction of sp³-hybridized carbons (Fsp3) is 0.148. The van der Waals surface area contributed by atoms with Crippen molar-refractivity contribution in [3.05, 3.63) is 94.3 Å². The minimum absolute atomic E-state index is 0.266. The Morgan fingerprint density at radius 1 is 1.00 bits per heavy atom. The van der Waals surface area contributed by atoms with Gasteiger partial charge in [-0.2, -0.15) is 9.78 Å². The van der Waals surface area contributed by atoms with Crippen LogP contribution in [-0.2, 0) is 0 Å². The van der Waals surface area contributed by atoms with E-state index >= 15 is 0 Å². The normalized spacial score (nSPS) is 11.8. The minimum Gasteiger partial charge on any atom is -0.496 e. The SMILES string of the molecule is COc1cccc2oc(-c3nc4ccccc4c(=O)n3N=Cc3ccc(C(C)C)cc3)cc12. The molecule has 0 N–H and O–H groups in total. The van der Waals surface area contributed by atoms with Gasteiger partial charge in [-0.25, -0.2) is 4.98 Å². The number of methoxy groups -OCH3 is 1. The Labute approximate surface area is 190 Å². The van der Waals surface area contributed by atoms with Gasteiger partial charge in [-0.1, -0.05) is 56.3 Å².